The fraction of sp³-hybridized carbons (Fsp3) is 0.543. The summed E-state index contributed by atoms with van der Waals surface area (Å²) in [6.45, 7) is 15.3. The Hall–Kier alpha value is -3.88. The number of aryl methyl sites for hydroxylation is 4. The van der Waals surface area contributed by atoms with Crippen LogP contribution in [0.1, 0.15) is 106 Å². The molecule has 0 bridgehead atoms. The van der Waals surface area contributed by atoms with Crippen LogP contribution in [0.25, 0.3) is 0 Å². The highest BCUT2D eigenvalue weighted by Crippen LogP contribution is 2.30. The summed E-state index contributed by atoms with van der Waals surface area (Å²) in [4.78, 5) is 55.1. The summed E-state index contributed by atoms with van der Waals surface area (Å²) >= 11 is 0. The number of para-hydroxylation sites is 1. The molecule has 0 heterocycles. The van der Waals surface area contributed by atoms with Crippen LogP contribution >= 0.6 is 0 Å². The van der Waals surface area contributed by atoms with Crippen LogP contribution in [0.2, 0.25) is 0 Å². The maximum atomic E-state index is 14.5. The lowest BCUT2D eigenvalue weighted by Crippen LogP contribution is -2.53. The van der Waals surface area contributed by atoms with Crippen LogP contribution in [0, 0.1) is 27.7 Å². The fourth-order valence-electron chi connectivity index (χ4n) is 5.15. The van der Waals surface area contributed by atoms with E-state index in [9.17, 15) is 19.2 Å². The second kappa shape index (κ2) is 16.8. The quantitative estimate of drug-likeness (QED) is 0.197. The monoisotopic (exact) mass is 608 g/mol. The molecule has 2 unspecified atom stereocenters. The van der Waals surface area contributed by atoms with Gasteiger partial charge in [-0.3, -0.25) is 14.4 Å². The number of nitrogens with two attached hydrogens (primary N) is 1. The lowest BCUT2D eigenvalue weighted by molar-refractivity contribution is -0.141. The van der Waals surface area contributed by atoms with E-state index in [1.165, 1.54) is 0 Å². The van der Waals surface area contributed by atoms with Crippen LogP contribution in [-0.2, 0) is 19.1 Å². The number of unbranched alkanes of at least 4 members (excludes halogenated alkanes) is 4. The Kier molecular flexibility index (Phi) is 13.9. The maximum Gasteiger partial charge on any atom is 0.408 e. The van der Waals surface area contributed by atoms with Crippen LogP contribution in [0.5, 0.6) is 0 Å². The van der Waals surface area contributed by atoms with E-state index in [0.29, 0.717) is 17.7 Å². The molecule has 4 amide bonds. The van der Waals surface area contributed by atoms with Crippen molar-refractivity contribution >= 4 is 29.5 Å². The number of ether oxygens (including phenoxy) is 1. The van der Waals surface area contributed by atoms with E-state index >= 15 is 0 Å². The lowest BCUT2D eigenvalue weighted by Gasteiger charge is -2.35. The minimum Gasteiger partial charge on any atom is -0.444 e. The van der Waals surface area contributed by atoms with E-state index in [1.54, 1.807) is 25.7 Å². The van der Waals surface area contributed by atoms with Gasteiger partial charge >= 0.3 is 6.09 Å². The van der Waals surface area contributed by atoms with Crippen LogP contribution in [0.15, 0.2) is 36.4 Å². The molecular formula is C35H52N4O5. The minimum absolute atomic E-state index is 0.0300. The molecule has 9 heteroatoms. The summed E-state index contributed by atoms with van der Waals surface area (Å²) in [5.41, 5.74) is 9.66. The average Bonchev–Trinajstić information content (AvgIpc) is 2.92. The van der Waals surface area contributed by atoms with Crippen molar-refractivity contribution in [1.29, 1.82) is 0 Å². The van der Waals surface area contributed by atoms with Crippen LogP contribution in [0.3, 0.4) is 0 Å². The third-order valence-corrected chi connectivity index (χ3v) is 7.47. The average molecular weight is 609 g/mol. The summed E-state index contributed by atoms with van der Waals surface area (Å²) in [5.74, 6) is -1.43. The Bertz CT molecular complexity index is 1280. The maximum absolute atomic E-state index is 14.5. The highest BCUT2D eigenvalue weighted by molar-refractivity contribution is 6.00. The van der Waals surface area contributed by atoms with Crippen molar-refractivity contribution in [2.75, 3.05) is 11.9 Å². The molecule has 2 atom stereocenters. The molecule has 242 valence electrons. The van der Waals surface area contributed by atoms with Crippen molar-refractivity contribution in [3.8, 4) is 0 Å². The molecule has 2 rings (SSSR count). The van der Waals surface area contributed by atoms with Gasteiger partial charge in [0.1, 0.15) is 17.7 Å². The highest BCUT2D eigenvalue weighted by Gasteiger charge is 2.37. The first-order chi connectivity index (χ1) is 20.6. The largest absolute Gasteiger partial charge is 0.444 e. The highest BCUT2D eigenvalue weighted by atomic mass is 16.6. The van der Waals surface area contributed by atoms with Gasteiger partial charge in [0, 0.05) is 18.7 Å². The molecule has 4 N–H and O–H groups in total. The molecule has 2 aromatic rings. The first-order valence-electron chi connectivity index (χ1n) is 15.7. The lowest BCUT2D eigenvalue weighted by atomic mass is 9.95. The number of alkyl carbamates (subject to hydrolysis) is 1. The number of hydrogen-bond donors (Lipinski definition) is 3. The van der Waals surface area contributed by atoms with Gasteiger partial charge in [0.25, 0.3) is 5.91 Å². The summed E-state index contributed by atoms with van der Waals surface area (Å²) < 4.78 is 5.45. The van der Waals surface area contributed by atoms with Crippen molar-refractivity contribution in [2.45, 2.75) is 118 Å². The molecule has 0 aliphatic rings. The third kappa shape index (κ3) is 11.3. The minimum atomic E-state index is -1.13. The molecule has 0 spiro atoms. The second-order valence-electron chi connectivity index (χ2n) is 12.7. The van der Waals surface area contributed by atoms with Gasteiger partial charge in [0.15, 0.2) is 0 Å². The van der Waals surface area contributed by atoms with Gasteiger partial charge in [-0.15, -0.1) is 0 Å². The van der Waals surface area contributed by atoms with E-state index in [2.05, 4.69) is 17.6 Å². The van der Waals surface area contributed by atoms with Crippen molar-refractivity contribution in [3.63, 3.8) is 0 Å². The van der Waals surface area contributed by atoms with Gasteiger partial charge in [-0.2, -0.15) is 0 Å². The zero-order valence-electron chi connectivity index (χ0n) is 27.8. The van der Waals surface area contributed by atoms with Crippen molar-refractivity contribution < 1.29 is 23.9 Å². The van der Waals surface area contributed by atoms with E-state index in [1.807, 2.05) is 64.1 Å². The molecule has 0 aromatic heterocycles. The molecule has 0 fully saturated rings. The van der Waals surface area contributed by atoms with E-state index < -0.39 is 35.6 Å². The summed E-state index contributed by atoms with van der Waals surface area (Å²) in [6, 6.07) is 9.50. The van der Waals surface area contributed by atoms with E-state index in [-0.39, 0.29) is 25.3 Å². The van der Waals surface area contributed by atoms with Crippen LogP contribution < -0.4 is 16.4 Å². The fourth-order valence-corrected chi connectivity index (χ4v) is 5.15. The Balaban J connectivity index is 2.65. The normalized spacial score (nSPS) is 12.6. The SMILES string of the molecule is CCCCCCCN(C(=O)C(CCC(N)=O)NC(=O)OC(C)(C)C)C(C(=O)Nc1c(C)cccc1C)c1cc(C)ccc1C. The standard InChI is InChI=1S/C35H52N4O5/c1-9-10-11-12-13-21-39(33(42)28(19-20-29(36)40)37-34(43)44-35(6,7)8)31(27-22-23(2)17-18-24(27)3)32(41)38-30-25(4)15-14-16-26(30)5/h14-18,22,28,31H,9-13,19-21H2,1-8H3,(H2,36,40)(H,37,43)(H,38,41). The molecule has 9 nitrogen and oxygen atoms in total. The summed E-state index contributed by atoms with van der Waals surface area (Å²) in [5, 5.41) is 5.78. The second-order valence-corrected chi connectivity index (χ2v) is 12.7. The van der Waals surface area contributed by atoms with Gasteiger partial charge in [-0.25, -0.2) is 4.79 Å². The van der Waals surface area contributed by atoms with Gasteiger partial charge in [-0.1, -0.05) is 74.6 Å². The predicted molar refractivity (Wildman–Crippen MR) is 175 cm³/mol. The number of nitrogens with one attached hydrogen (secondary N) is 2. The van der Waals surface area contributed by atoms with E-state index in [4.69, 9.17) is 10.5 Å². The molecule has 0 radical (unpaired) electrons. The molecular weight excluding hydrogens is 556 g/mol. The van der Waals surface area contributed by atoms with Crippen molar-refractivity contribution in [2.24, 2.45) is 5.73 Å². The molecule has 0 saturated heterocycles. The number of primary amides is 1. The topological polar surface area (TPSA) is 131 Å². The molecule has 44 heavy (non-hydrogen) atoms. The molecule has 0 saturated carbocycles. The number of benzene rings is 2. The first kappa shape index (κ1) is 36.3. The van der Waals surface area contributed by atoms with E-state index in [0.717, 1.165) is 47.9 Å². The number of amides is 4. The number of anilines is 1. The Labute approximate surface area is 263 Å². The summed E-state index contributed by atoms with van der Waals surface area (Å²) in [6.07, 6.45) is 3.75. The van der Waals surface area contributed by atoms with Crippen LogP contribution in [0.4, 0.5) is 10.5 Å². The Morgan fingerprint density at radius 3 is 2.14 bits per heavy atom. The first-order valence-corrected chi connectivity index (χ1v) is 15.7. The molecule has 2 aromatic carbocycles. The van der Waals surface area contributed by atoms with Crippen molar-refractivity contribution in [3.05, 3.63) is 64.2 Å². The third-order valence-electron chi connectivity index (χ3n) is 7.47. The van der Waals surface area contributed by atoms with Gasteiger partial charge in [0.2, 0.25) is 11.8 Å². The van der Waals surface area contributed by atoms with Gasteiger partial charge in [0.05, 0.1) is 0 Å². The smallest absolute Gasteiger partial charge is 0.408 e. The predicted octanol–water partition coefficient (Wildman–Crippen LogP) is 6.56. The zero-order chi connectivity index (χ0) is 33.0. The Morgan fingerprint density at radius 2 is 1.55 bits per heavy atom. The number of carbonyl (C=O) groups is 4. The zero-order valence-corrected chi connectivity index (χ0v) is 27.8. The number of hydrogen-bond acceptors (Lipinski definition) is 5. The number of rotatable bonds is 15. The Morgan fingerprint density at radius 1 is 0.909 bits per heavy atom. The summed E-state index contributed by atoms with van der Waals surface area (Å²) in [7, 11) is 0. The molecule has 0 aliphatic heterocycles. The van der Waals surface area contributed by atoms with Gasteiger partial charge in [-0.05, 0) is 83.6 Å². The molecule has 0 aliphatic carbocycles. The van der Waals surface area contributed by atoms with Crippen molar-refractivity contribution in [1.82, 2.24) is 10.2 Å². The number of nitrogens with zero attached hydrogens (tertiary/aromatic N) is 1. The van der Waals surface area contributed by atoms with Crippen LogP contribution in [-0.4, -0.2) is 46.9 Å². The van der Waals surface area contributed by atoms with Gasteiger partial charge < -0.3 is 26.0 Å². The number of carbonyl (C=O) groups excluding carboxylic acids is 4.